The van der Waals surface area contributed by atoms with Crippen LogP contribution < -0.4 is 0 Å². The second-order valence-electron chi connectivity index (χ2n) is 3.41. The summed E-state index contributed by atoms with van der Waals surface area (Å²) >= 11 is 0. The number of hydrogen-bond acceptors (Lipinski definition) is 0. The van der Waals surface area contributed by atoms with E-state index in [0.717, 1.165) is 12.3 Å². The van der Waals surface area contributed by atoms with E-state index < -0.39 is 0 Å². The first-order valence-corrected chi connectivity index (χ1v) is 5.08. The van der Waals surface area contributed by atoms with E-state index in [9.17, 15) is 0 Å². The molecular formula is C12H22. The lowest BCUT2D eigenvalue weighted by molar-refractivity contribution is 0.631. The highest BCUT2D eigenvalue weighted by Crippen LogP contribution is 2.07. The molecule has 1 atom stereocenters. The van der Waals surface area contributed by atoms with Gasteiger partial charge in [-0.25, -0.2) is 0 Å². The topological polar surface area (TPSA) is 0 Å². The van der Waals surface area contributed by atoms with Crippen LogP contribution in [0.1, 0.15) is 46.0 Å². The van der Waals surface area contributed by atoms with Gasteiger partial charge in [0.1, 0.15) is 0 Å². The monoisotopic (exact) mass is 166 g/mol. The van der Waals surface area contributed by atoms with Gasteiger partial charge in [-0.3, -0.25) is 0 Å². The maximum atomic E-state index is 3.70. The lowest BCUT2D eigenvalue weighted by Gasteiger charge is -2.01. The fourth-order valence-electron chi connectivity index (χ4n) is 1.26. The van der Waals surface area contributed by atoms with Gasteiger partial charge in [-0.05, 0) is 31.6 Å². The Balaban J connectivity index is 3.27. The van der Waals surface area contributed by atoms with Crippen molar-refractivity contribution in [2.24, 2.45) is 5.92 Å². The molecule has 0 bridgehead atoms. The van der Waals surface area contributed by atoms with Gasteiger partial charge in [0.05, 0.1) is 0 Å². The summed E-state index contributed by atoms with van der Waals surface area (Å²) in [6.45, 7) is 8.22. The highest BCUT2D eigenvalue weighted by atomic mass is 14.0. The second-order valence-corrected chi connectivity index (χ2v) is 3.41. The Hall–Kier alpha value is -0.520. The summed E-state index contributed by atoms with van der Waals surface area (Å²) in [4.78, 5) is 0. The summed E-state index contributed by atoms with van der Waals surface area (Å²) < 4.78 is 0. The minimum Gasteiger partial charge on any atom is -0.103 e. The molecular weight excluding hydrogens is 144 g/mol. The first kappa shape index (κ1) is 11.5. The molecule has 0 aliphatic rings. The molecule has 0 aromatic carbocycles. The lowest BCUT2D eigenvalue weighted by atomic mass is 10.1. The van der Waals surface area contributed by atoms with Gasteiger partial charge in [0, 0.05) is 0 Å². The Morgan fingerprint density at radius 3 is 2.67 bits per heavy atom. The fourth-order valence-corrected chi connectivity index (χ4v) is 1.26. The number of allylic oxidation sites excluding steroid dienone is 3. The zero-order valence-corrected chi connectivity index (χ0v) is 8.55. The van der Waals surface area contributed by atoms with Crippen LogP contribution in [0.4, 0.5) is 0 Å². The smallest absolute Gasteiger partial charge is 0.0262 e. The van der Waals surface area contributed by atoms with Crippen molar-refractivity contribution in [3.8, 4) is 0 Å². The summed E-state index contributed by atoms with van der Waals surface area (Å²) in [7, 11) is 0. The van der Waals surface area contributed by atoms with Crippen molar-refractivity contribution in [1.82, 2.24) is 0 Å². The molecule has 0 heteroatoms. The van der Waals surface area contributed by atoms with Crippen molar-refractivity contribution in [2.75, 3.05) is 0 Å². The molecule has 0 aliphatic carbocycles. The molecule has 1 unspecified atom stereocenters. The van der Waals surface area contributed by atoms with Crippen molar-refractivity contribution >= 4 is 0 Å². The van der Waals surface area contributed by atoms with Gasteiger partial charge in [0.15, 0.2) is 0 Å². The summed E-state index contributed by atoms with van der Waals surface area (Å²) in [5, 5.41) is 0. The van der Waals surface area contributed by atoms with Crippen LogP contribution in [0, 0.1) is 5.92 Å². The van der Waals surface area contributed by atoms with Crippen molar-refractivity contribution < 1.29 is 0 Å². The van der Waals surface area contributed by atoms with Gasteiger partial charge >= 0.3 is 0 Å². The second kappa shape index (κ2) is 8.58. The Morgan fingerprint density at radius 2 is 2.08 bits per heavy atom. The van der Waals surface area contributed by atoms with E-state index in [1.54, 1.807) is 0 Å². The third kappa shape index (κ3) is 7.59. The summed E-state index contributed by atoms with van der Waals surface area (Å²) in [6.07, 6.45) is 12.8. The standard InChI is InChI=1S/C12H22/c1-4-6-7-8-9-11-12(3)10-5-2/h4,9,11-12H,1,5-8,10H2,2-3H3/b11-9+. The van der Waals surface area contributed by atoms with Gasteiger partial charge in [0.25, 0.3) is 0 Å². The Bertz CT molecular complexity index is 122. The van der Waals surface area contributed by atoms with Crippen LogP contribution in [0.25, 0.3) is 0 Å². The molecule has 0 N–H and O–H groups in total. The Labute approximate surface area is 77.4 Å². The Morgan fingerprint density at radius 1 is 1.33 bits per heavy atom. The normalized spacial score (nSPS) is 13.5. The van der Waals surface area contributed by atoms with Crippen molar-refractivity contribution in [3.63, 3.8) is 0 Å². The molecule has 70 valence electrons. The predicted molar refractivity (Wildman–Crippen MR) is 57.3 cm³/mol. The minimum absolute atomic E-state index is 0.763. The van der Waals surface area contributed by atoms with Crippen molar-refractivity contribution in [1.29, 1.82) is 0 Å². The molecule has 0 aromatic heterocycles. The maximum absolute atomic E-state index is 3.70. The molecule has 0 spiro atoms. The Kier molecular flexibility index (Phi) is 8.20. The molecule has 0 rings (SSSR count). The lowest BCUT2D eigenvalue weighted by Crippen LogP contribution is -1.86. The van der Waals surface area contributed by atoms with E-state index in [1.807, 2.05) is 6.08 Å². The fraction of sp³-hybridized carbons (Fsp3) is 0.667. The van der Waals surface area contributed by atoms with Crippen LogP contribution in [0.3, 0.4) is 0 Å². The van der Waals surface area contributed by atoms with Crippen LogP contribution in [0.5, 0.6) is 0 Å². The quantitative estimate of drug-likeness (QED) is 0.390. The molecule has 0 aromatic rings. The van der Waals surface area contributed by atoms with Gasteiger partial charge < -0.3 is 0 Å². The number of hydrogen-bond donors (Lipinski definition) is 0. The first-order valence-electron chi connectivity index (χ1n) is 5.08. The molecule has 0 fully saturated rings. The highest BCUT2D eigenvalue weighted by Gasteiger charge is 1.92. The number of rotatable bonds is 7. The van der Waals surface area contributed by atoms with Crippen LogP contribution in [-0.2, 0) is 0 Å². The van der Waals surface area contributed by atoms with Gasteiger partial charge in [-0.1, -0.05) is 38.5 Å². The zero-order valence-electron chi connectivity index (χ0n) is 8.55. The molecule has 0 radical (unpaired) electrons. The summed E-state index contributed by atoms with van der Waals surface area (Å²) in [6, 6.07) is 0. The van der Waals surface area contributed by atoms with Crippen molar-refractivity contribution in [2.45, 2.75) is 46.0 Å². The summed E-state index contributed by atoms with van der Waals surface area (Å²) in [5.41, 5.74) is 0. The van der Waals surface area contributed by atoms with Crippen LogP contribution in [0.2, 0.25) is 0 Å². The highest BCUT2D eigenvalue weighted by molar-refractivity contribution is 4.86. The van der Waals surface area contributed by atoms with Crippen LogP contribution >= 0.6 is 0 Å². The molecule has 12 heavy (non-hydrogen) atoms. The molecule has 0 heterocycles. The van der Waals surface area contributed by atoms with Gasteiger partial charge in [-0.15, -0.1) is 6.58 Å². The molecule has 0 saturated heterocycles. The zero-order chi connectivity index (χ0) is 9.23. The van der Waals surface area contributed by atoms with E-state index in [1.165, 1.54) is 25.7 Å². The average Bonchev–Trinajstić information content (AvgIpc) is 2.05. The molecule has 0 amide bonds. The van der Waals surface area contributed by atoms with Gasteiger partial charge in [0.2, 0.25) is 0 Å². The SMILES string of the molecule is C=CCCC/C=C/C(C)CCC. The van der Waals surface area contributed by atoms with E-state index in [4.69, 9.17) is 0 Å². The van der Waals surface area contributed by atoms with E-state index in [0.29, 0.717) is 0 Å². The van der Waals surface area contributed by atoms with Crippen LogP contribution in [-0.4, -0.2) is 0 Å². The first-order chi connectivity index (χ1) is 5.81. The van der Waals surface area contributed by atoms with E-state index in [2.05, 4.69) is 32.6 Å². The summed E-state index contributed by atoms with van der Waals surface area (Å²) in [5.74, 6) is 0.763. The number of unbranched alkanes of at least 4 members (excludes halogenated alkanes) is 2. The third-order valence-corrected chi connectivity index (χ3v) is 1.99. The van der Waals surface area contributed by atoms with Crippen LogP contribution in [0.15, 0.2) is 24.8 Å². The van der Waals surface area contributed by atoms with E-state index >= 15 is 0 Å². The molecule has 0 nitrogen and oxygen atoms in total. The maximum Gasteiger partial charge on any atom is -0.0262 e. The predicted octanol–water partition coefficient (Wildman–Crippen LogP) is 4.34. The third-order valence-electron chi connectivity index (χ3n) is 1.99. The van der Waals surface area contributed by atoms with Crippen molar-refractivity contribution in [3.05, 3.63) is 24.8 Å². The van der Waals surface area contributed by atoms with Gasteiger partial charge in [-0.2, -0.15) is 0 Å². The average molecular weight is 166 g/mol. The molecule has 0 aliphatic heterocycles. The largest absolute Gasteiger partial charge is 0.103 e. The van der Waals surface area contributed by atoms with E-state index in [-0.39, 0.29) is 0 Å². The molecule has 0 saturated carbocycles. The minimum atomic E-state index is 0.763.